The Balaban J connectivity index is 2.41. The molecule has 0 spiro atoms. The van der Waals surface area contributed by atoms with Crippen LogP contribution in [-0.2, 0) is 4.74 Å². The van der Waals surface area contributed by atoms with Crippen molar-refractivity contribution in [3.63, 3.8) is 0 Å². The first-order valence-electron chi connectivity index (χ1n) is 6.96. The smallest absolute Gasteiger partial charge is 0.111 e. The molecule has 0 heterocycles. The second-order valence-corrected chi connectivity index (χ2v) is 6.02. The van der Waals surface area contributed by atoms with E-state index < -0.39 is 0 Å². The van der Waals surface area contributed by atoms with Crippen molar-refractivity contribution in [2.24, 2.45) is 0 Å². The number of aliphatic hydroxyl groups excluding tert-OH is 1. The molecular formula is C17H23NO2. The lowest BCUT2D eigenvalue weighted by Gasteiger charge is -2.25. The van der Waals surface area contributed by atoms with Crippen LogP contribution in [-0.4, -0.2) is 23.9 Å². The van der Waals surface area contributed by atoms with Crippen LogP contribution in [0.4, 0.5) is 0 Å². The normalized spacial score (nSPS) is 16.6. The lowest BCUT2D eigenvalue weighted by Crippen LogP contribution is -2.35. The Morgan fingerprint density at radius 1 is 1.25 bits per heavy atom. The fourth-order valence-electron chi connectivity index (χ4n) is 2.38. The van der Waals surface area contributed by atoms with E-state index >= 15 is 0 Å². The summed E-state index contributed by atoms with van der Waals surface area (Å²) in [6, 6.07) is 8.28. The molecule has 108 valence electrons. The highest BCUT2D eigenvalue weighted by molar-refractivity contribution is 5.94. The van der Waals surface area contributed by atoms with Crippen molar-refractivity contribution in [2.75, 3.05) is 13.2 Å². The molecule has 0 saturated heterocycles. The molecule has 0 radical (unpaired) electrons. The van der Waals surface area contributed by atoms with E-state index in [9.17, 15) is 0 Å². The van der Waals surface area contributed by atoms with Crippen molar-refractivity contribution in [3.05, 3.63) is 46.8 Å². The summed E-state index contributed by atoms with van der Waals surface area (Å²) in [5.41, 5.74) is 4.52. The Morgan fingerprint density at radius 2 is 1.95 bits per heavy atom. The van der Waals surface area contributed by atoms with Gasteiger partial charge in [-0.2, -0.15) is 0 Å². The van der Waals surface area contributed by atoms with Crippen LogP contribution >= 0.6 is 0 Å². The third-order valence-electron chi connectivity index (χ3n) is 3.07. The molecule has 2 rings (SSSR count). The quantitative estimate of drug-likeness (QED) is 0.828. The average molecular weight is 273 g/mol. The molecule has 0 bridgehead atoms. The molecular weight excluding hydrogens is 250 g/mol. The van der Waals surface area contributed by atoms with Gasteiger partial charge in [0, 0.05) is 16.8 Å². The zero-order valence-corrected chi connectivity index (χ0v) is 12.7. The van der Waals surface area contributed by atoms with Gasteiger partial charge in [0.25, 0.3) is 0 Å². The van der Waals surface area contributed by atoms with Crippen LogP contribution in [0.15, 0.2) is 35.7 Å². The van der Waals surface area contributed by atoms with Crippen LogP contribution < -0.4 is 5.32 Å². The second-order valence-electron chi connectivity index (χ2n) is 6.02. The molecule has 0 saturated carbocycles. The molecule has 1 aromatic carbocycles. The van der Waals surface area contributed by atoms with Gasteiger partial charge in [0.05, 0.1) is 6.61 Å². The van der Waals surface area contributed by atoms with Crippen molar-refractivity contribution in [1.82, 2.24) is 5.32 Å². The Morgan fingerprint density at radius 3 is 2.60 bits per heavy atom. The fourth-order valence-corrected chi connectivity index (χ4v) is 2.38. The summed E-state index contributed by atoms with van der Waals surface area (Å²) in [4.78, 5) is 0. The highest BCUT2D eigenvalue weighted by Crippen LogP contribution is 2.37. The molecule has 0 aliphatic heterocycles. The van der Waals surface area contributed by atoms with Gasteiger partial charge in [-0.3, -0.25) is 0 Å². The van der Waals surface area contributed by atoms with Crippen molar-refractivity contribution in [3.8, 4) is 0 Å². The second kappa shape index (κ2) is 5.71. The number of fused-ring (bicyclic) bond motifs is 1. The maximum absolute atomic E-state index is 8.93. The molecule has 0 fully saturated rings. The van der Waals surface area contributed by atoms with Crippen LogP contribution in [0, 0.1) is 0 Å². The van der Waals surface area contributed by atoms with Gasteiger partial charge in [-0.1, -0.05) is 24.3 Å². The van der Waals surface area contributed by atoms with E-state index in [-0.39, 0.29) is 12.1 Å². The standard InChI is InChI=1S/C17H23NO2/c1-12(20-10-9-19)16-14-8-6-5-7-13(14)11-15(16)18-17(2,3)4/h5-8,11,18-19H,9-10H2,1-4H3. The minimum Gasteiger partial charge on any atom is -0.495 e. The Labute approximate surface area is 121 Å². The zero-order chi connectivity index (χ0) is 14.8. The van der Waals surface area contributed by atoms with E-state index in [1.807, 2.05) is 19.1 Å². The summed E-state index contributed by atoms with van der Waals surface area (Å²) in [6.07, 6.45) is 2.15. The van der Waals surface area contributed by atoms with Gasteiger partial charge in [-0.25, -0.2) is 0 Å². The first-order valence-corrected chi connectivity index (χ1v) is 6.96. The van der Waals surface area contributed by atoms with Gasteiger partial charge >= 0.3 is 0 Å². The monoisotopic (exact) mass is 273 g/mol. The molecule has 0 aromatic heterocycles. The summed E-state index contributed by atoms with van der Waals surface area (Å²) < 4.78 is 5.63. The van der Waals surface area contributed by atoms with Gasteiger partial charge < -0.3 is 15.2 Å². The van der Waals surface area contributed by atoms with Gasteiger partial charge in [0.1, 0.15) is 12.4 Å². The summed E-state index contributed by atoms with van der Waals surface area (Å²) >= 11 is 0. The van der Waals surface area contributed by atoms with Crippen molar-refractivity contribution >= 4 is 11.6 Å². The molecule has 1 aliphatic carbocycles. The van der Waals surface area contributed by atoms with Crippen LogP contribution in [0.25, 0.3) is 11.6 Å². The molecule has 1 aliphatic rings. The number of rotatable bonds is 4. The third-order valence-corrected chi connectivity index (χ3v) is 3.07. The van der Waals surface area contributed by atoms with E-state index in [1.165, 1.54) is 11.1 Å². The summed E-state index contributed by atoms with van der Waals surface area (Å²) in [5.74, 6) is 0.840. The molecule has 0 amide bonds. The number of benzene rings is 1. The highest BCUT2D eigenvalue weighted by Gasteiger charge is 2.24. The average Bonchev–Trinajstić information content (AvgIpc) is 2.71. The van der Waals surface area contributed by atoms with E-state index in [1.54, 1.807) is 0 Å². The van der Waals surface area contributed by atoms with E-state index in [0.717, 1.165) is 17.0 Å². The van der Waals surface area contributed by atoms with Crippen molar-refractivity contribution in [2.45, 2.75) is 33.2 Å². The largest absolute Gasteiger partial charge is 0.495 e. The third kappa shape index (κ3) is 3.23. The first kappa shape index (κ1) is 14.7. The number of nitrogens with one attached hydrogen (secondary N) is 1. The van der Waals surface area contributed by atoms with Crippen LogP contribution in [0.3, 0.4) is 0 Å². The number of aliphatic hydroxyl groups is 1. The van der Waals surface area contributed by atoms with Crippen LogP contribution in [0.1, 0.15) is 38.8 Å². The summed E-state index contributed by atoms with van der Waals surface area (Å²) in [5, 5.41) is 12.5. The minimum atomic E-state index is -0.0175. The summed E-state index contributed by atoms with van der Waals surface area (Å²) in [6.45, 7) is 8.71. The van der Waals surface area contributed by atoms with Gasteiger partial charge in [-0.05, 0) is 44.9 Å². The van der Waals surface area contributed by atoms with Crippen molar-refractivity contribution in [1.29, 1.82) is 0 Å². The van der Waals surface area contributed by atoms with Crippen LogP contribution in [0.5, 0.6) is 0 Å². The fraction of sp³-hybridized carbons (Fsp3) is 0.412. The predicted molar refractivity (Wildman–Crippen MR) is 82.9 cm³/mol. The Hall–Kier alpha value is -1.74. The first-order chi connectivity index (χ1) is 9.42. The van der Waals surface area contributed by atoms with Crippen LogP contribution in [0.2, 0.25) is 0 Å². The predicted octanol–water partition coefficient (Wildman–Crippen LogP) is 3.17. The molecule has 2 N–H and O–H groups in total. The van der Waals surface area contributed by atoms with Gasteiger partial charge in [0.15, 0.2) is 0 Å². The molecule has 0 unspecified atom stereocenters. The maximum atomic E-state index is 8.93. The van der Waals surface area contributed by atoms with Crippen molar-refractivity contribution < 1.29 is 9.84 Å². The van der Waals surface area contributed by atoms with Gasteiger partial charge in [0.2, 0.25) is 0 Å². The van der Waals surface area contributed by atoms with E-state index in [0.29, 0.717) is 6.61 Å². The lowest BCUT2D eigenvalue weighted by atomic mass is 10.0. The zero-order valence-electron chi connectivity index (χ0n) is 12.7. The Kier molecular flexibility index (Phi) is 4.19. The summed E-state index contributed by atoms with van der Waals surface area (Å²) in [7, 11) is 0. The number of ether oxygens (including phenoxy) is 1. The topological polar surface area (TPSA) is 41.5 Å². The molecule has 3 nitrogen and oxygen atoms in total. The molecule has 1 aromatic rings. The number of allylic oxidation sites excluding steroid dienone is 2. The molecule has 20 heavy (non-hydrogen) atoms. The van der Waals surface area contributed by atoms with E-state index in [4.69, 9.17) is 9.84 Å². The number of hydrogen-bond donors (Lipinski definition) is 2. The minimum absolute atomic E-state index is 0.0175. The van der Waals surface area contributed by atoms with E-state index in [2.05, 4.69) is 44.3 Å². The molecule has 0 atom stereocenters. The van der Waals surface area contributed by atoms with Gasteiger partial charge in [-0.15, -0.1) is 0 Å². The Bertz CT molecular complexity index is 550. The molecule has 3 heteroatoms. The highest BCUT2D eigenvalue weighted by atomic mass is 16.5. The maximum Gasteiger partial charge on any atom is 0.111 e. The lowest BCUT2D eigenvalue weighted by molar-refractivity contribution is 0.147. The number of hydrogen-bond acceptors (Lipinski definition) is 3. The SMILES string of the molecule is CC(OCCO)=C1C(NC(C)(C)C)=Cc2ccccc21.